The van der Waals surface area contributed by atoms with E-state index in [1.54, 1.807) is 7.11 Å². The van der Waals surface area contributed by atoms with Crippen LogP contribution in [0.25, 0.3) is 0 Å². The lowest BCUT2D eigenvalue weighted by Gasteiger charge is -2.14. The maximum Gasteiger partial charge on any atom is 0.121 e. The maximum atomic E-state index is 6.11. The lowest BCUT2D eigenvalue weighted by Crippen LogP contribution is -2.11. The highest BCUT2D eigenvalue weighted by molar-refractivity contribution is 5.85. The second kappa shape index (κ2) is 8.34. The lowest BCUT2D eigenvalue weighted by molar-refractivity contribution is 0.411. The van der Waals surface area contributed by atoms with Crippen molar-refractivity contribution in [1.82, 2.24) is 0 Å². The number of ether oxygens (including phenoxy) is 1. The molecule has 98 valence electrons. The number of hydrogen-bond donors (Lipinski definition) is 2. The minimum atomic E-state index is 0. The molecule has 0 aliphatic heterocycles. The first-order valence-electron chi connectivity index (χ1n) is 5.79. The second-order valence-electron chi connectivity index (χ2n) is 4.12. The van der Waals surface area contributed by atoms with Crippen LogP contribution in [0, 0.1) is 6.92 Å². The molecule has 4 N–H and O–H groups in total. The number of unbranched alkanes of at least 4 members (excludes halogenated alkanes) is 1. The predicted molar refractivity (Wildman–Crippen MR) is 74.8 cm³/mol. The van der Waals surface area contributed by atoms with Crippen molar-refractivity contribution in [2.75, 3.05) is 13.7 Å². The SMILES string of the molecule is COc1ccc([C@H](N)CCCCN)cc1C.Cl. The third-order valence-corrected chi connectivity index (χ3v) is 2.82. The fourth-order valence-electron chi connectivity index (χ4n) is 1.81. The monoisotopic (exact) mass is 258 g/mol. The Kier molecular flexibility index (Phi) is 7.96. The Labute approximate surface area is 110 Å². The zero-order valence-electron chi connectivity index (χ0n) is 10.6. The second-order valence-corrected chi connectivity index (χ2v) is 4.12. The number of hydrogen-bond acceptors (Lipinski definition) is 3. The van der Waals surface area contributed by atoms with E-state index >= 15 is 0 Å². The molecular formula is C13H23ClN2O. The number of nitrogens with two attached hydrogens (primary N) is 2. The van der Waals surface area contributed by atoms with E-state index in [4.69, 9.17) is 16.2 Å². The van der Waals surface area contributed by atoms with Gasteiger partial charge in [0.2, 0.25) is 0 Å². The largest absolute Gasteiger partial charge is 0.496 e. The lowest BCUT2D eigenvalue weighted by atomic mass is 10.00. The van der Waals surface area contributed by atoms with Gasteiger partial charge in [-0.15, -0.1) is 12.4 Å². The first kappa shape index (κ1) is 16.2. The van der Waals surface area contributed by atoms with Crippen molar-refractivity contribution in [1.29, 1.82) is 0 Å². The number of rotatable bonds is 6. The van der Waals surface area contributed by atoms with Gasteiger partial charge < -0.3 is 16.2 Å². The summed E-state index contributed by atoms with van der Waals surface area (Å²) in [4.78, 5) is 0. The van der Waals surface area contributed by atoms with Gasteiger partial charge >= 0.3 is 0 Å². The normalized spacial score (nSPS) is 11.8. The summed E-state index contributed by atoms with van der Waals surface area (Å²) in [5.74, 6) is 0.915. The van der Waals surface area contributed by atoms with E-state index in [0.29, 0.717) is 0 Å². The third kappa shape index (κ3) is 4.94. The maximum absolute atomic E-state index is 6.11. The van der Waals surface area contributed by atoms with Crippen LogP contribution in [0.15, 0.2) is 18.2 Å². The summed E-state index contributed by atoms with van der Waals surface area (Å²) in [6.45, 7) is 2.78. The molecule has 0 bridgehead atoms. The Morgan fingerprint density at radius 3 is 2.53 bits per heavy atom. The summed E-state index contributed by atoms with van der Waals surface area (Å²) in [7, 11) is 1.68. The van der Waals surface area contributed by atoms with Crippen LogP contribution in [0.5, 0.6) is 5.75 Å². The third-order valence-electron chi connectivity index (χ3n) is 2.82. The van der Waals surface area contributed by atoms with Gasteiger partial charge in [-0.1, -0.05) is 18.6 Å². The van der Waals surface area contributed by atoms with Crippen molar-refractivity contribution in [3.05, 3.63) is 29.3 Å². The van der Waals surface area contributed by atoms with Gasteiger partial charge in [0.1, 0.15) is 5.75 Å². The van der Waals surface area contributed by atoms with Crippen molar-refractivity contribution >= 4 is 12.4 Å². The van der Waals surface area contributed by atoms with E-state index in [2.05, 4.69) is 6.07 Å². The molecule has 0 unspecified atom stereocenters. The highest BCUT2D eigenvalue weighted by Crippen LogP contribution is 2.23. The molecule has 0 spiro atoms. The van der Waals surface area contributed by atoms with Crippen molar-refractivity contribution in [2.45, 2.75) is 32.2 Å². The first-order valence-corrected chi connectivity index (χ1v) is 5.79. The Hall–Kier alpha value is -0.770. The van der Waals surface area contributed by atoms with Gasteiger partial charge in [0.05, 0.1) is 7.11 Å². The minimum Gasteiger partial charge on any atom is -0.496 e. The Morgan fingerprint density at radius 2 is 2.00 bits per heavy atom. The molecule has 0 aliphatic carbocycles. The molecule has 0 heterocycles. The van der Waals surface area contributed by atoms with Crippen LogP contribution in [0.4, 0.5) is 0 Å². The van der Waals surface area contributed by atoms with Crippen LogP contribution >= 0.6 is 12.4 Å². The van der Waals surface area contributed by atoms with Crippen molar-refractivity contribution in [3.8, 4) is 5.75 Å². The van der Waals surface area contributed by atoms with Gasteiger partial charge in [0.15, 0.2) is 0 Å². The number of methoxy groups -OCH3 is 1. The average Bonchev–Trinajstić information content (AvgIpc) is 2.29. The summed E-state index contributed by atoms with van der Waals surface area (Å²) in [6.07, 6.45) is 3.12. The molecule has 0 saturated carbocycles. The van der Waals surface area contributed by atoms with Crippen LogP contribution in [-0.4, -0.2) is 13.7 Å². The summed E-state index contributed by atoms with van der Waals surface area (Å²) in [5, 5.41) is 0. The fourth-order valence-corrected chi connectivity index (χ4v) is 1.81. The highest BCUT2D eigenvalue weighted by atomic mass is 35.5. The summed E-state index contributed by atoms with van der Waals surface area (Å²) < 4.78 is 5.22. The molecule has 0 saturated heterocycles. The molecule has 0 amide bonds. The molecule has 3 nitrogen and oxygen atoms in total. The Balaban J connectivity index is 0.00000256. The van der Waals surface area contributed by atoms with Gasteiger partial charge in [-0.3, -0.25) is 0 Å². The van der Waals surface area contributed by atoms with E-state index < -0.39 is 0 Å². The fraction of sp³-hybridized carbons (Fsp3) is 0.538. The van der Waals surface area contributed by atoms with Crippen LogP contribution in [-0.2, 0) is 0 Å². The molecule has 1 atom stereocenters. The quantitative estimate of drug-likeness (QED) is 0.771. The molecule has 0 fully saturated rings. The number of halogens is 1. The van der Waals surface area contributed by atoms with E-state index in [0.717, 1.165) is 37.1 Å². The zero-order valence-corrected chi connectivity index (χ0v) is 11.4. The predicted octanol–water partition coefficient (Wildman–Crippen LogP) is 2.55. The smallest absolute Gasteiger partial charge is 0.121 e. The average molecular weight is 259 g/mol. The van der Waals surface area contributed by atoms with Crippen LogP contribution in [0.1, 0.15) is 36.4 Å². The van der Waals surface area contributed by atoms with Gasteiger partial charge in [0, 0.05) is 6.04 Å². The molecule has 4 heteroatoms. The zero-order chi connectivity index (χ0) is 12.0. The van der Waals surface area contributed by atoms with Gasteiger partial charge in [-0.05, 0) is 43.5 Å². The summed E-state index contributed by atoms with van der Waals surface area (Å²) in [6, 6.07) is 6.23. The molecular weight excluding hydrogens is 236 g/mol. The molecule has 1 rings (SSSR count). The standard InChI is InChI=1S/C13H22N2O.ClH/c1-10-9-11(6-7-13(10)16-2)12(15)5-3-4-8-14;/h6-7,9,12H,3-5,8,14-15H2,1-2H3;1H/t12-;/m1./s1. The van der Waals surface area contributed by atoms with Gasteiger partial charge in [-0.2, -0.15) is 0 Å². The summed E-state index contributed by atoms with van der Waals surface area (Å²) >= 11 is 0. The topological polar surface area (TPSA) is 61.3 Å². The van der Waals surface area contributed by atoms with Gasteiger partial charge in [0.25, 0.3) is 0 Å². The molecule has 0 aromatic heterocycles. The van der Waals surface area contributed by atoms with Crippen molar-refractivity contribution in [2.24, 2.45) is 11.5 Å². The van der Waals surface area contributed by atoms with Crippen molar-refractivity contribution < 1.29 is 4.74 Å². The molecule has 1 aromatic carbocycles. The summed E-state index contributed by atoms with van der Waals surface area (Å²) in [5.41, 5.74) is 13.9. The van der Waals surface area contributed by atoms with Gasteiger partial charge in [-0.25, -0.2) is 0 Å². The number of benzene rings is 1. The van der Waals surface area contributed by atoms with E-state index in [-0.39, 0.29) is 18.4 Å². The van der Waals surface area contributed by atoms with Crippen molar-refractivity contribution in [3.63, 3.8) is 0 Å². The molecule has 0 radical (unpaired) electrons. The minimum absolute atomic E-state index is 0. The molecule has 1 aromatic rings. The Morgan fingerprint density at radius 1 is 1.29 bits per heavy atom. The van der Waals surface area contributed by atoms with E-state index in [1.165, 1.54) is 5.56 Å². The highest BCUT2D eigenvalue weighted by Gasteiger charge is 2.07. The first-order chi connectivity index (χ1) is 7.69. The van der Waals surface area contributed by atoms with Crippen LogP contribution in [0.2, 0.25) is 0 Å². The van der Waals surface area contributed by atoms with E-state index in [1.807, 2.05) is 19.1 Å². The van der Waals surface area contributed by atoms with Crippen LogP contribution < -0.4 is 16.2 Å². The molecule has 17 heavy (non-hydrogen) atoms. The van der Waals surface area contributed by atoms with E-state index in [9.17, 15) is 0 Å². The number of aryl methyl sites for hydroxylation is 1. The molecule has 0 aliphatic rings. The van der Waals surface area contributed by atoms with Crippen LogP contribution in [0.3, 0.4) is 0 Å². The Bertz CT molecular complexity index is 331.